The molecule has 2 heterocycles. The van der Waals surface area contributed by atoms with Crippen LogP contribution in [0.5, 0.6) is 11.5 Å². The number of nitrogens with zero attached hydrogens (tertiary/aromatic N) is 2. The van der Waals surface area contributed by atoms with Gasteiger partial charge in [0, 0.05) is 5.75 Å². The van der Waals surface area contributed by atoms with Crippen molar-refractivity contribution in [3.63, 3.8) is 0 Å². The van der Waals surface area contributed by atoms with Crippen molar-refractivity contribution in [1.29, 1.82) is 0 Å². The molecule has 1 atom stereocenters. The molecule has 0 saturated carbocycles. The molecule has 1 amide bonds. The van der Waals surface area contributed by atoms with Gasteiger partial charge in [-0.2, -0.15) is 0 Å². The molecule has 138 valence electrons. The minimum atomic E-state index is -0.751. The van der Waals surface area contributed by atoms with E-state index in [2.05, 4.69) is 15.5 Å². The molecule has 2 aromatic carbocycles. The lowest BCUT2D eigenvalue weighted by Gasteiger charge is -2.25. The van der Waals surface area contributed by atoms with Gasteiger partial charge in [0.15, 0.2) is 15.8 Å². The minimum Gasteiger partial charge on any atom is -0.485 e. The monoisotopic (exact) mass is 403 g/mol. The third-order valence-electron chi connectivity index (χ3n) is 3.71. The zero-order valence-electron chi connectivity index (χ0n) is 13.9. The number of hydrogen-bond acceptors (Lipinski definition) is 7. The van der Waals surface area contributed by atoms with Gasteiger partial charge >= 0.3 is 0 Å². The van der Waals surface area contributed by atoms with Crippen molar-refractivity contribution in [2.45, 2.75) is 16.2 Å². The van der Waals surface area contributed by atoms with E-state index in [9.17, 15) is 9.18 Å². The van der Waals surface area contributed by atoms with E-state index in [-0.39, 0.29) is 18.3 Å². The predicted octanol–water partition coefficient (Wildman–Crippen LogP) is 3.75. The van der Waals surface area contributed by atoms with Gasteiger partial charge < -0.3 is 9.47 Å². The fourth-order valence-electron chi connectivity index (χ4n) is 2.38. The average molecular weight is 403 g/mol. The largest absolute Gasteiger partial charge is 0.485 e. The van der Waals surface area contributed by atoms with Crippen molar-refractivity contribution < 1.29 is 18.7 Å². The van der Waals surface area contributed by atoms with Crippen molar-refractivity contribution in [3.05, 3.63) is 59.9 Å². The molecule has 6 nitrogen and oxygen atoms in total. The maximum Gasteiger partial charge on any atom is 0.270 e. The first-order valence-corrected chi connectivity index (χ1v) is 9.88. The molecule has 0 radical (unpaired) electrons. The van der Waals surface area contributed by atoms with Crippen molar-refractivity contribution in [2.24, 2.45) is 0 Å². The van der Waals surface area contributed by atoms with Crippen LogP contribution >= 0.6 is 23.1 Å². The molecule has 27 heavy (non-hydrogen) atoms. The zero-order chi connectivity index (χ0) is 18.6. The molecule has 0 saturated heterocycles. The Bertz CT molecular complexity index is 949. The van der Waals surface area contributed by atoms with Crippen LogP contribution in [0, 0.1) is 5.82 Å². The van der Waals surface area contributed by atoms with E-state index < -0.39 is 6.10 Å². The number of benzene rings is 2. The first-order valence-electron chi connectivity index (χ1n) is 8.07. The first kappa shape index (κ1) is 17.7. The molecular formula is C18H14FN3O3S2. The first-order chi connectivity index (χ1) is 13.2. The summed E-state index contributed by atoms with van der Waals surface area (Å²) in [5.74, 6) is 1.20. The van der Waals surface area contributed by atoms with Crippen LogP contribution in [0.1, 0.15) is 5.56 Å². The lowest BCUT2D eigenvalue weighted by molar-refractivity contribution is -0.125. The number of halogens is 1. The summed E-state index contributed by atoms with van der Waals surface area (Å²) < 4.78 is 24.9. The number of ether oxygens (including phenoxy) is 2. The average Bonchev–Trinajstić information content (AvgIpc) is 3.14. The maximum atomic E-state index is 12.9. The van der Waals surface area contributed by atoms with E-state index in [0.717, 1.165) is 5.56 Å². The van der Waals surface area contributed by atoms with E-state index in [1.807, 2.05) is 12.1 Å². The summed E-state index contributed by atoms with van der Waals surface area (Å²) in [7, 11) is 0. The van der Waals surface area contributed by atoms with E-state index in [4.69, 9.17) is 9.47 Å². The lowest BCUT2D eigenvalue weighted by atomic mass is 10.2. The van der Waals surface area contributed by atoms with Crippen LogP contribution in [-0.4, -0.2) is 28.8 Å². The Morgan fingerprint density at radius 2 is 1.96 bits per heavy atom. The highest BCUT2D eigenvalue weighted by Gasteiger charge is 2.28. The SMILES string of the molecule is O=C(Nc1nnc(SCc2ccc(F)cc2)s1)[C@H]1COc2ccccc2O1. The Hall–Kier alpha value is -2.65. The smallest absolute Gasteiger partial charge is 0.270 e. The van der Waals surface area contributed by atoms with Crippen molar-refractivity contribution in [3.8, 4) is 11.5 Å². The topological polar surface area (TPSA) is 73.3 Å². The standard InChI is InChI=1S/C18H14FN3O3S2/c19-12-7-5-11(6-8-12)10-26-18-22-21-17(27-18)20-16(23)15-9-24-13-3-1-2-4-14(13)25-15/h1-8,15H,9-10H2,(H,20,21,23)/t15-/m1/s1. The van der Waals surface area contributed by atoms with E-state index in [1.54, 1.807) is 24.3 Å². The van der Waals surface area contributed by atoms with Crippen LogP contribution in [0.3, 0.4) is 0 Å². The van der Waals surface area contributed by atoms with Crippen LogP contribution in [0.15, 0.2) is 52.9 Å². The van der Waals surface area contributed by atoms with Crippen LogP contribution < -0.4 is 14.8 Å². The lowest BCUT2D eigenvalue weighted by Crippen LogP contribution is -2.40. The number of aromatic nitrogens is 2. The minimum absolute atomic E-state index is 0.133. The molecule has 0 fully saturated rings. The number of rotatable bonds is 5. The van der Waals surface area contributed by atoms with Crippen molar-refractivity contribution in [2.75, 3.05) is 11.9 Å². The second kappa shape index (κ2) is 7.93. The Kier molecular flexibility index (Phi) is 5.21. The zero-order valence-corrected chi connectivity index (χ0v) is 15.6. The van der Waals surface area contributed by atoms with Gasteiger partial charge in [-0.05, 0) is 29.8 Å². The third-order valence-corrected chi connectivity index (χ3v) is 5.76. The summed E-state index contributed by atoms with van der Waals surface area (Å²) in [5.41, 5.74) is 0.980. The van der Waals surface area contributed by atoms with Crippen LogP contribution in [-0.2, 0) is 10.5 Å². The van der Waals surface area contributed by atoms with E-state index in [0.29, 0.717) is 26.7 Å². The number of anilines is 1. The molecular weight excluding hydrogens is 389 g/mol. The van der Waals surface area contributed by atoms with Gasteiger partial charge in [0.05, 0.1) is 0 Å². The number of para-hydroxylation sites is 2. The van der Waals surface area contributed by atoms with Crippen LogP contribution in [0.2, 0.25) is 0 Å². The number of nitrogens with one attached hydrogen (secondary N) is 1. The third kappa shape index (κ3) is 4.37. The van der Waals surface area contributed by atoms with E-state index in [1.165, 1.54) is 35.2 Å². The quantitative estimate of drug-likeness (QED) is 0.517. The molecule has 0 aliphatic carbocycles. The van der Waals surface area contributed by atoms with Gasteiger partial charge in [-0.25, -0.2) is 4.39 Å². The fraction of sp³-hybridized carbons (Fsp3) is 0.167. The van der Waals surface area contributed by atoms with Crippen molar-refractivity contribution >= 4 is 34.1 Å². The highest BCUT2D eigenvalue weighted by atomic mass is 32.2. The Morgan fingerprint density at radius 3 is 2.78 bits per heavy atom. The van der Waals surface area contributed by atoms with Crippen LogP contribution in [0.4, 0.5) is 9.52 Å². The highest BCUT2D eigenvalue weighted by Crippen LogP contribution is 2.32. The summed E-state index contributed by atoms with van der Waals surface area (Å²) in [6, 6.07) is 13.5. The van der Waals surface area contributed by atoms with Gasteiger partial charge in [0.25, 0.3) is 5.91 Å². The van der Waals surface area contributed by atoms with Gasteiger partial charge in [-0.1, -0.05) is 47.4 Å². The summed E-state index contributed by atoms with van der Waals surface area (Å²) >= 11 is 2.74. The molecule has 9 heteroatoms. The number of carbonyl (C=O) groups is 1. The number of fused-ring (bicyclic) bond motifs is 1. The van der Waals surface area contributed by atoms with Gasteiger partial charge in [-0.15, -0.1) is 10.2 Å². The molecule has 0 spiro atoms. The molecule has 1 aliphatic rings. The fourth-order valence-corrected chi connectivity index (χ4v) is 4.09. The normalized spacial score (nSPS) is 15.4. The molecule has 1 aliphatic heterocycles. The van der Waals surface area contributed by atoms with Gasteiger partial charge in [0.1, 0.15) is 12.4 Å². The molecule has 1 aromatic heterocycles. The van der Waals surface area contributed by atoms with Gasteiger partial charge in [0.2, 0.25) is 11.2 Å². The highest BCUT2D eigenvalue weighted by molar-refractivity contribution is 8.00. The summed E-state index contributed by atoms with van der Waals surface area (Å²) in [4.78, 5) is 12.4. The molecule has 1 N–H and O–H groups in total. The van der Waals surface area contributed by atoms with E-state index >= 15 is 0 Å². The maximum absolute atomic E-state index is 12.9. The molecule has 3 aromatic rings. The molecule has 4 rings (SSSR count). The van der Waals surface area contributed by atoms with Crippen LogP contribution in [0.25, 0.3) is 0 Å². The second-order valence-corrected chi connectivity index (χ2v) is 7.84. The van der Waals surface area contributed by atoms with Crippen molar-refractivity contribution in [1.82, 2.24) is 10.2 Å². The number of hydrogen-bond donors (Lipinski definition) is 1. The second-order valence-electron chi connectivity index (χ2n) is 5.64. The molecule has 0 bridgehead atoms. The number of thioether (sulfide) groups is 1. The number of carbonyl (C=O) groups excluding carboxylic acids is 1. The Balaban J connectivity index is 1.32. The Morgan fingerprint density at radius 1 is 1.19 bits per heavy atom. The predicted molar refractivity (Wildman–Crippen MR) is 101 cm³/mol. The molecule has 0 unspecified atom stereocenters. The number of amides is 1. The summed E-state index contributed by atoms with van der Waals surface area (Å²) in [5, 5.41) is 11.1. The summed E-state index contributed by atoms with van der Waals surface area (Å²) in [6.45, 7) is 0.133. The van der Waals surface area contributed by atoms with Gasteiger partial charge in [-0.3, -0.25) is 10.1 Å². The summed E-state index contributed by atoms with van der Waals surface area (Å²) in [6.07, 6.45) is -0.751. The Labute approximate surface area is 162 Å².